The minimum Gasteiger partial charge on any atom is -0.344 e. The van der Waals surface area contributed by atoms with Gasteiger partial charge >= 0.3 is 0 Å². The van der Waals surface area contributed by atoms with Crippen molar-refractivity contribution in [2.24, 2.45) is 16.8 Å². The third-order valence-electron chi connectivity index (χ3n) is 10.5. The number of carbonyl (C=O) groups is 4. The Balaban J connectivity index is 1.08. The van der Waals surface area contributed by atoms with Gasteiger partial charge in [-0.2, -0.15) is 0 Å². The summed E-state index contributed by atoms with van der Waals surface area (Å²) in [6.07, 6.45) is 7.95. The van der Waals surface area contributed by atoms with E-state index in [9.17, 15) is 19.2 Å². The second-order valence-corrected chi connectivity index (χ2v) is 15.0. The number of aromatic amines is 1. The van der Waals surface area contributed by atoms with E-state index in [1.165, 1.54) is 13.8 Å². The molecule has 0 radical (unpaired) electrons. The monoisotopic (exact) mass is 705 g/mol. The molecule has 0 saturated carbocycles. The van der Waals surface area contributed by atoms with E-state index < -0.39 is 12.1 Å². The number of rotatable bonds is 11. The van der Waals surface area contributed by atoms with Gasteiger partial charge in [-0.3, -0.25) is 24.2 Å². The van der Waals surface area contributed by atoms with E-state index in [0.29, 0.717) is 19.5 Å². The van der Waals surface area contributed by atoms with Gasteiger partial charge in [0.25, 0.3) is 0 Å². The van der Waals surface area contributed by atoms with Crippen molar-refractivity contribution in [1.82, 2.24) is 30.4 Å². The van der Waals surface area contributed by atoms with Crippen LogP contribution in [-0.4, -0.2) is 80.3 Å². The zero-order valence-electron chi connectivity index (χ0n) is 31.1. The second-order valence-electron chi connectivity index (χ2n) is 15.0. The molecule has 4 amide bonds. The predicted molar refractivity (Wildman–Crippen MR) is 203 cm³/mol. The summed E-state index contributed by atoms with van der Waals surface area (Å²) in [5, 5.41) is 5.68. The largest absolute Gasteiger partial charge is 0.344 e. The van der Waals surface area contributed by atoms with Crippen LogP contribution >= 0.6 is 0 Å². The van der Waals surface area contributed by atoms with Crippen LogP contribution in [0.1, 0.15) is 91.1 Å². The summed E-state index contributed by atoms with van der Waals surface area (Å²) in [5.74, 6) is 0.243. The number of likely N-dealkylation sites (tertiary alicyclic amines) is 2. The van der Waals surface area contributed by atoms with E-state index in [1.54, 1.807) is 0 Å². The lowest BCUT2D eigenvalue weighted by molar-refractivity contribution is -0.138. The highest BCUT2D eigenvalue weighted by atomic mass is 16.2. The number of aliphatic imine (C=N–C) groups is 1. The van der Waals surface area contributed by atoms with Crippen molar-refractivity contribution in [3.63, 3.8) is 0 Å². The molecule has 3 aliphatic rings. The first-order chi connectivity index (χ1) is 24.9. The Hall–Kier alpha value is -5.06. The molecular weight excluding hydrogens is 654 g/mol. The van der Waals surface area contributed by atoms with Gasteiger partial charge < -0.3 is 25.4 Å². The standard InChI is InChI=1S/C41H51N7O4/c1-24(2)37(44-26(5)49)40(51)47-19-7-9-35(47)33-21-32(22-42-33)30-13-11-28(12-14-30)29-15-17-31(18-16-29)34-23-43-39(46-34)36-10-8-20-48(36)41(52)38(25(3)4)45-27(6)50/h11-18,22-25,35-38H,7-10,19-21H2,1-6H3,(H,43,46)(H,44,49)(H,45,50)/t35-,36-,37+,38+/m0/s1. The van der Waals surface area contributed by atoms with Crippen molar-refractivity contribution in [3.05, 3.63) is 72.3 Å². The van der Waals surface area contributed by atoms with Gasteiger partial charge in [0.1, 0.15) is 17.9 Å². The van der Waals surface area contributed by atoms with Gasteiger partial charge in [0, 0.05) is 45.3 Å². The smallest absolute Gasteiger partial charge is 0.246 e. The first kappa shape index (κ1) is 36.7. The Bertz CT molecular complexity index is 1860. The number of imidazole rings is 1. The first-order valence-electron chi connectivity index (χ1n) is 18.6. The topological polar surface area (TPSA) is 140 Å². The Labute approximate surface area is 306 Å². The van der Waals surface area contributed by atoms with Gasteiger partial charge in [-0.15, -0.1) is 0 Å². The summed E-state index contributed by atoms with van der Waals surface area (Å²) in [6, 6.07) is 15.6. The Morgan fingerprint density at radius 1 is 0.712 bits per heavy atom. The number of amides is 4. The third-order valence-corrected chi connectivity index (χ3v) is 10.5. The molecule has 2 aromatic carbocycles. The summed E-state index contributed by atoms with van der Waals surface area (Å²) in [4.78, 5) is 67.2. The van der Waals surface area contributed by atoms with Crippen LogP contribution in [0, 0.1) is 11.8 Å². The van der Waals surface area contributed by atoms with E-state index in [1.807, 2.05) is 49.9 Å². The highest BCUT2D eigenvalue weighted by molar-refractivity contribution is 6.04. The lowest BCUT2D eigenvalue weighted by Gasteiger charge is -2.31. The van der Waals surface area contributed by atoms with Crippen molar-refractivity contribution in [2.75, 3.05) is 13.1 Å². The number of benzene rings is 2. The summed E-state index contributed by atoms with van der Waals surface area (Å²) in [5.41, 5.74) is 7.33. The molecule has 3 N–H and O–H groups in total. The van der Waals surface area contributed by atoms with Gasteiger partial charge in [-0.1, -0.05) is 76.2 Å². The molecule has 3 aromatic rings. The normalized spacial score (nSPS) is 19.8. The van der Waals surface area contributed by atoms with Crippen molar-refractivity contribution in [2.45, 2.75) is 97.8 Å². The van der Waals surface area contributed by atoms with E-state index in [-0.39, 0.29) is 47.5 Å². The molecule has 4 atom stereocenters. The fraction of sp³-hybridized carbons (Fsp3) is 0.463. The van der Waals surface area contributed by atoms with E-state index >= 15 is 0 Å². The van der Waals surface area contributed by atoms with Crippen molar-refractivity contribution >= 4 is 34.9 Å². The Morgan fingerprint density at radius 3 is 1.71 bits per heavy atom. The third kappa shape index (κ3) is 7.88. The number of carbonyl (C=O) groups excluding carboxylic acids is 4. The first-order valence-corrected chi connectivity index (χ1v) is 18.6. The molecule has 3 aliphatic heterocycles. The molecule has 52 heavy (non-hydrogen) atoms. The maximum Gasteiger partial charge on any atom is 0.246 e. The molecular formula is C41H51N7O4. The SMILES string of the molecule is CC(=O)N[C@@H](C(=O)N1CCC[C@H]1C1=NC=C(c2ccc(-c3ccc(-c4cnc([C@@H]5CCCN5C(=O)[C@H](NC(C)=O)C(C)C)[nH]4)cc3)cc2)C1)C(C)C. The zero-order valence-corrected chi connectivity index (χ0v) is 31.1. The average molecular weight is 706 g/mol. The molecule has 0 spiro atoms. The van der Waals surface area contributed by atoms with Gasteiger partial charge in [-0.05, 0) is 65.3 Å². The molecule has 2 fully saturated rings. The fourth-order valence-electron chi connectivity index (χ4n) is 7.71. The summed E-state index contributed by atoms with van der Waals surface area (Å²) < 4.78 is 0. The number of nitrogens with zero attached hydrogens (tertiary/aromatic N) is 4. The quantitative estimate of drug-likeness (QED) is 0.228. The predicted octanol–water partition coefficient (Wildman–Crippen LogP) is 5.91. The molecule has 274 valence electrons. The van der Waals surface area contributed by atoms with Crippen LogP contribution in [0.4, 0.5) is 0 Å². The molecule has 1 aromatic heterocycles. The van der Waals surface area contributed by atoms with Crippen LogP contribution in [-0.2, 0) is 19.2 Å². The summed E-state index contributed by atoms with van der Waals surface area (Å²) in [7, 11) is 0. The van der Waals surface area contributed by atoms with Crippen LogP contribution in [0.25, 0.3) is 28.0 Å². The molecule has 0 unspecified atom stereocenters. The lowest BCUT2D eigenvalue weighted by atomic mass is 9.95. The van der Waals surface area contributed by atoms with Crippen molar-refractivity contribution < 1.29 is 19.2 Å². The maximum atomic E-state index is 13.5. The number of allylic oxidation sites excluding steroid dienone is 1. The lowest BCUT2D eigenvalue weighted by Crippen LogP contribution is -2.53. The minimum atomic E-state index is -0.560. The van der Waals surface area contributed by atoms with Crippen molar-refractivity contribution in [3.8, 4) is 22.4 Å². The Morgan fingerprint density at radius 2 is 1.19 bits per heavy atom. The molecule has 2 saturated heterocycles. The van der Waals surface area contributed by atoms with Crippen LogP contribution in [0.3, 0.4) is 0 Å². The molecule has 0 bridgehead atoms. The number of nitrogens with one attached hydrogen (secondary N) is 3. The van der Waals surface area contributed by atoms with Crippen LogP contribution in [0.5, 0.6) is 0 Å². The van der Waals surface area contributed by atoms with Gasteiger partial charge in [-0.25, -0.2) is 4.98 Å². The van der Waals surface area contributed by atoms with E-state index in [4.69, 9.17) is 4.99 Å². The molecule has 4 heterocycles. The number of hydrogen-bond acceptors (Lipinski definition) is 6. The number of hydrogen-bond donors (Lipinski definition) is 3. The highest BCUT2D eigenvalue weighted by Gasteiger charge is 2.39. The van der Waals surface area contributed by atoms with Gasteiger partial charge in [0.05, 0.1) is 24.0 Å². The number of aromatic nitrogens is 2. The Kier molecular flexibility index (Phi) is 11.1. The van der Waals surface area contributed by atoms with Crippen LogP contribution in [0.15, 0.2) is 65.9 Å². The van der Waals surface area contributed by atoms with Gasteiger partial charge in [0.2, 0.25) is 23.6 Å². The molecule has 11 nitrogen and oxygen atoms in total. The maximum absolute atomic E-state index is 13.5. The van der Waals surface area contributed by atoms with E-state index in [0.717, 1.165) is 70.7 Å². The van der Waals surface area contributed by atoms with Crippen molar-refractivity contribution in [1.29, 1.82) is 0 Å². The highest BCUT2D eigenvalue weighted by Crippen LogP contribution is 2.34. The average Bonchev–Trinajstić information content (AvgIpc) is 3.95. The fourth-order valence-corrected chi connectivity index (χ4v) is 7.71. The molecule has 0 aliphatic carbocycles. The number of H-pyrrole nitrogens is 1. The molecule has 6 rings (SSSR count). The van der Waals surface area contributed by atoms with Crippen LogP contribution < -0.4 is 10.6 Å². The second kappa shape index (κ2) is 15.7. The molecule has 11 heteroatoms. The summed E-state index contributed by atoms with van der Waals surface area (Å²) in [6.45, 7) is 12.0. The van der Waals surface area contributed by atoms with Gasteiger partial charge in [0.15, 0.2) is 0 Å². The minimum absolute atomic E-state index is 0.00207. The van der Waals surface area contributed by atoms with Crippen LogP contribution in [0.2, 0.25) is 0 Å². The van der Waals surface area contributed by atoms with E-state index in [2.05, 4.69) is 69.1 Å². The summed E-state index contributed by atoms with van der Waals surface area (Å²) >= 11 is 0. The zero-order chi connectivity index (χ0) is 37.1.